The minimum atomic E-state index is -0.358. The molecule has 132 valence electrons. The zero-order chi connectivity index (χ0) is 17.2. The quantitative estimate of drug-likeness (QED) is 0.655. The van der Waals surface area contributed by atoms with Crippen LogP contribution in [0.15, 0.2) is 24.3 Å². The third-order valence-electron chi connectivity index (χ3n) is 5.63. The summed E-state index contributed by atoms with van der Waals surface area (Å²) in [5, 5.41) is 7.44. The Morgan fingerprint density at radius 3 is 2.62 bits per heavy atom. The van der Waals surface area contributed by atoms with E-state index < -0.39 is 0 Å². The first-order valence-electron chi connectivity index (χ1n) is 8.89. The van der Waals surface area contributed by atoms with Crippen molar-refractivity contribution in [3.63, 3.8) is 0 Å². The molecular weight excluding hydrogens is 324 g/mol. The fraction of sp³-hybridized carbons (Fsp3) is 0.611. The van der Waals surface area contributed by atoms with Crippen LogP contribution >= 0.6 is 11.6 Å². The minimum absolute atomic E-state index is 0.0670. The number of hydrogen-bond donors (Lipinski definition) is 4. The molecule has 5 nitrogen and oxygen atoms in total. The zero-order valence-electron chi connectivity index (χ0n) is 14.4. The Morgan fingerprint density at radius 1 is 1.25 bits per heavy atom. The molecule has 0 aliphatic carbocycles. The molecule has 2 aliphatic heterocycles. The predicted octanol–water partition coefficient (Wildman–Crippen LogP) is 1.93. The van der Waals surface area contributed by atoms with Gasteiger partial charge in [-0.1, -0.05) is 37.6 Å². The molecule has 1 aromatic carbocycles. The molecule has 0 saturated carbocycles. The van der Waals surface area contributed by atoms with Gasteiger partial charge < -0.3 is 10.6 Å². The number of hydrogen-bond acceptors (Lipinski definition) is 4. The predicted molar refractivity (Wildman–Crippen MR) is 96.7 cm³/mol. The molecule has 0 spiro atoms. The van der Waals surface area contributed by atoms with Crippen molar-refractivity contribution in [3.8, 4) is 0 Å². The Morgan fingerprint density at radius 2 is 1.96 bits per heavy atom. The van der Waals surface area contributed by atoms with Crippen molar-refractivity contribution in [2.24, 2.45) is 5.92 Å². The Bertz CT molecular complexity index is 573. The summed E-state index contributed by atoms with van der Waals surface area (Å²) in [5.74, 6) is 0.354. The van der Waals surface area contributed by atoms with Crippen LogP contribution < -0.4 is 21.5 Å². The summed E-state index contributed by atoms with van der Waals surface area (Å²) < 4.78 is 0. The van der Waals surface area contributed by atoms with E-state index in [0.29, 0.717) is 11.1 Å². The van der Waals surface area contributed by atoms with Gasteiger partial charge in [-0.25, -0.2) is 5.43 Å². The summed E-state index contributed by atoms with van der Waals surface area (Å²) in [6, 6.07) is 7.98. The van der Waals surface area contributed by atoms with E-state index in [1.165, 1.54) is 0 Å². The minimum Gasteiger partial charge on any atom is -0.345 e. The van der Waals surface area contributed by atoms with Crippen molar-refractivity contribution in [1.82, 2.24) is 21.5 Å². The van der Waals surface area contributed by atoms with Gasteiger partial charge in [-0.3, -0.25) is 10.2 Å². The Hall–Kier alpha value is -1.14. The van der Waals surface area contributed by atoms with Crippen molar-refractivity contribution < 1.29 is 4.79 Å². The first-order chi connectivity index (χ1) is 11.6. The lowest BCUT2D eigenvalue weighted by molar-refractivity contribution is -0.126. The van der Waals surface area contributed by atoms with E-state index in [1.807, 2.05) is 24.3 Å². The second-order valence-electron chi connectivity index (χ2n) is 6.81. The maximum Gasteiger partial charge on any atom is 0.239 e. The molecule has 24 heavy (non-hydrogen) atoms. The van der Waals surface area contributed by atoms with Gasteiger partial charge in [-0.2, -0.15) is 0 Å². The molecule has 4 N–H and O–H groups in total. The number of nitrogens with one attached hydrogen (secondary N) is 4. The molecule has 1 amide bonds. The van der Waals surface area contributed by atoms with Crippen LogP contribution in [-0.4, -0.2) is 31.1 Å². The van der Waals surface area contributed by atoms with Crippen LogP contribution in [0.5, 0.6) is 0 Å². The Kier molecular flexibility index (Phi) is 5.45. The largest absolute Gasteiger partial charge is 0.345 e. The van der Waals surface area contributed by atoms with Gasteiger partial charge in [-0.15, -0.1) is 0 Å². The molecule has 0 aromatic heterocycles. The molecule has 6 heteroatoms. The van der Waals surface area contributed by atoms with Gasteiger partial charge in [0.15, 0.2) is 0 Å². The van der Waals surface area contributed by atoms with Gasteiger partial charge >= 0.3 is 0 Å². The molecule has 2 fully saturated rings. The molecular formula is C18H27ClN4O. The highest BCUT2D eigenvalue weighted by molar-refractivity contribution is 6.30. The standard InChI is InChI=1S/C18H27ClN4O/c1-3-18(4-2,12-5-7-13(19)8-6-12)21-17(24)16-14-11-20-10-9-15(14)22-23-16/h5-8,14-16,20,22-23H,3-4,9-11H2,1-2H3,(H,21,24). The SMILES string of the molecule is CCC(CC)(NC(=O)C1NNC2CCNCC21)c1ccc(Cl)cc1. The highest BCUT2D eigenvalue weighted by Crippen LogP contribution is 2.31. The fourth-order valence-electron chi connectivity index (χ4n) is 3.97. The van der Waals surface area contributed by atoms with Crippen LogP contribution in [0.1, 0.15) is 38.7 Å². The summed E-state index contributed by atoms with van der Waals surface area (Å²) in [6.45, 7) is 6.10. The van der Waals surface area contributed by atoms with Gasteiger partial charge in [0.25, 0.3) is 0 Å². The summed E-state index contributed by atoms with van der Waals surface area (Å²) in [6.07, 6.45) is 2.72. The van der Waals surface area contributed by atoms with Gasteiger partial charge in [0, 0.05) is 23.5 Å². The lowest BCUT2D eigenvalue weighted by Gasteiger charge is -2.36. The van der Waals surface area contributed by atoms with Crippen molar-refractivity contribution in [3.05, 3.63) is 34.9 Å². The highest BCUT2D eigenvalue weighted by atomic mass is 35.5. The molecule has 0 radical (unpaired) electrons. The van der Waals surface area contributed by atoms with E-state index in [4.69, 9.17) is 11.6 Å². The first kappa shape index (κ1) is 17.7. The fourth-order valence-corrected chi connectivity index (χ4v) is 4.09. The maximum absolute atomic E-state index is 13.0. The van der Waals surface area contributed by atoms with Crippen LogP contribution in [0.4, 0.5) is 0 Å². The number of hydrazine groups is 1. The molecule has 3 rings (SSSR count). The number of halogens is 1. The molecule has 1 aromatic rings. The lowest BCUT2D eigenvalue weighted by atomic mass is 9.83. The smallest absolute Gasteiger partial charge is 0.239 e. The van der Waals surface area contributed by atoms with Gasteiger partial charge in [-0.05, 0) is 43.5 Å². The van der Waals surface area contributed by atoms with Crippen LogP contribution in [0.25, 0.3) is 0 Å². The van der Waals surface area contributed by atoms with Crippen molar-refractivity contribution in [1.29, 1.82) is 0 Å². The van der Waals surface area contributed by atoms with Crippen LogP contribution in [0.2, 0.25) is 5.02 Å². The first-order valence-corrected chi connectivity index (χ1v) is 9.27. The molecule has 2 heterocycles. The van der Waals surface area contributed by atoms with Gasteiger partial charge in [0.1, 0.15) is 6.04 Å². The average Bonchev–Trinajstić information content (AvgIpc) is 3.05. The van der Waals surface area contributed by atoms with Gasteiger partial charge in [0.05, 0.1) is 5.54 Å². The van der Waals surface area contributed by atoms with Gasteiger partial charge in [0.2, 0.25) is 5.91 Å². The lowest BCUT2D eigenvalue weighted by Crippen LogP contribution is -2.55. The maximum atomic E-state index is 13.0. The summed E-state index contributed by atoms with van der Waals surface area (Å²) >= 11 is 6.02. The topological polar surface area (TPSA) is 65.2 Å². The molecule has 0 bridgehead atoms. The number of rotatable bonds is 5. The van der Waals surface area contributed by atoms with E-state index in [0.717, 1.165) is 37.9 Å². The summed E-state index contributed by atoms with van der Waals surface area (Å²) in [7, 11) is 0. The molecule has 2 saturated heterocycles. The third kappa shape index (κ3) is 3.31. The number of fused-ring (bicyclic) bond motifs is 1. The number of carbonyl (C=O) groups is 1. The number of amides is 1. The molecule has 3 unspecified atom stereocenters. The highest BCUT2D eigenvalue weighted by Gasteiger charge is 2.43. The monoisotopic (exact) mass is 350 g/mol. The Labute approximate surface area is 148 Å². The number of carbonyl (C=O) groups excluding carboxylic acids is 1. The van der Waals surface area contributed by atoms with Crippen LogP contribution in [-0.2, 0) is 10.3 Å². The van der Waals surface area contributed by atoms with Crippen LogP contribution in [0, 0.1) is 5.92 Å². The van der Waals surface area contributed by atoms with E-state index in [-0.39, 0.29) is 23.4 Å². The normalized spacial score (nSPS) is 26.9. The second kappa shape index (κ2) is 7.40. The summed E-state index contributed by atoms with van der Waals surface area (Å²) in [5.41, 5.74) is 7.25. The van der Waals surface area contributed by atoms with Crippen molar-refractivity contribution in [2.45, 2.75) is 50.7 Å². The summed E-state index contributed by atoms with van der Waals surface area (Å²) in [4.78, 5) is 13.0. The van der Waals surface area contributed by atoms with E-state index >= 15 is 0 Å². The third-order valence-corrected chi connectivity index (χ3v) is 5.88. The van der Waals surface area contributed by atoms with Crippen molar-refractivity contribution in [2.75, 3.05) is 13.1 Å². The van der Waals surface area contributed by atoms with E-state index in [1.54, 1.807) is 0 Å². The average molecular weight is 351 g/mol. The Balaban J connectivity index is 1.78. The van der Waals surface area contributed by atoms with Crippen LogP contribution in [0.3, 0.4) is 0 Å². The second-order valence-corrected chi connectivity index (χ2v) is 7.25. The number of piperidine rings is 1. The van der Waals surface area contributed by atoms with E-state index in [2.05, 4.69) is 35.3 Å². The number of benzene rings is 1. The van der Waals surface area contributed by atoms with E-state index in [9.17, 15) is 4.79 Å². The van der Waals surface area contributed by atoms with Crippen molar-refractivity contribution >= 4 is 17.5 Å². The molecule has 3 atom stereocenters. The zero-order valence-corrected chi connectivity index (χ0v) is 15.1. The molecule has 2 aliphatic rings.